The number of aliphatic hydroxyl groups is 1. The van der Waals surface area contributed by atoms with Crippen LogP contribution in [0.5, 0.6) is 0 Å². The smallest absolute Gasteiger partial charge is 0.330 e. The van der Waals surface area contributed by atoms with Crippen LogP contribution in [0.2, 0.25) is 0 Å². The number of nitro groups is 1. The predicted molar refractivity (Wildman–Crippen MR) is 98.8 cm³/mol. The number of hydrogen-bond acceptors (Lipinski definition) is 6. The molecule has 1 unspecified atom stereocenters. The average Bonchev–Trinajstić information content (AvgIpc) is 2.66. The lowest BCUT2D eigenvalue weighted by Gasteiger charge is -2.18. The van der Waals surface area contributed by atoms with Crippen molar-refractivity contribution in [2.24, 2.45) is 0 Å². The second-order valence-electron chi connectivity index (χ2n) is 5.60. The molecule has 26 heavy (non-hydrogen) atoms. The van der Waals surface area contributed by atoms with E-state index < -0.39 is 10.9 Å². The van der Waals surface area contributed by atoms with Gasteiger partial charge in [0.1, 0.15) is 5.69 Å². The highest BCUT2D eigenvalue weighted by atomic mass is 16.6. The lowest BCUT2D eigenvalue weighted by atomic mass is 10.1. The number of carbonyl (C=O) groups is 1. The molecule has 1 atom stereocenters. The van der Waals surface area contributed by atoms with Gasteiger partial charge in [0, 0.05) is 12.1 Å². The van der Waals surface area contributed by atoms with Crippen LogP contribution in [0.4, 0.5) is 11.4 Å². The molecule has 7 heteroatoms. The summed E-state index contributed by atoms with van der Waals surface area (Å²) in [5.74, 6) is -0.543. The van der Waals surface area contributed by atoms with Crippen LogP contribution in [0, 0.1) is 10.1 Å². The molecule has 0 heterocycles. The third kappa shape index (κ3) is 5.42. The Kier molecular flexibility index (Phi) is 6.87. The van der Waals surface area contributed by atoms with Gasteiger partial charge in [0.2, 0.25) is 0 Å². The number of nitro benzene ring substituents is 1. The molecule has 7 nitrogen and oxygen atoms in total. The number of hydrogen-bond donors (Lipinski definition) is 2. The molecule has 0 saturated carbocycles. The van der Waals surface area contributed by atoms with Gasteiger partial charge < -0.3 is 15.2 Å². The molecule has 0 aliphatic heterocycles. The largest absolute Gasteiger partial charge is 0.466 e. The highest BCUT2D eigenvalue weighted by Gasteiger charge is 2.17. The van der Waals surface area contributed by atoms with E-state index in [2.05, 4.69) is 10.1 Å². The van der Waals surface area contributed by atoms with Gasteiger partial charge in [-0.1, -0.05) is 36.4 Å². The number of methoxy groups -OCH3 is 1. The fourth-order valence-corrected chi connectivity index (χ4v) is 2.44. The zero-order valence-electron chi connectivity index (χ0n) is 14.3. The molecule has 0 saturated heterocycles. The van der Waals surface area contributed by atoms with Crippen LogP contribution in [0.15, 0.2) is 54.6 Å². The molecule has 0 aromatic heterocycles. The molecule has 2 rings (SSSR count). The summed E-state index contributed by atoms with van der Waals surface area (Å²) >= 11 is 0. The summed E-state index contributed by atoms with van der Waals surface area (Å²) in [5, 5.41) is 24.0. The number of rotatable bonds is 8. The molecule has 0 amide bonds. The standard InChI is InChI=1S/C19H20N2O5/c1-26-19(23)10-8-15-7-9-17(18(12-15)21(24)25)20-16(13-22)11-14-5-3-2-4-6-14/h2-10,12,16,20,22H,11,13H2,1H3/b10-8+. The van der Waals surface area contributed by atoms with Crippen molar-refractivity contribution in [3.63, 3.8) is 0 Å². The minimum Gasteiger partial charge on any atom is -0.466 e. The molecular weight excluding hydrogens is 336 g/mol. The van der Waals surface area contributed by atoms with Crippen LogP contribution in [0.1, 0.15) is 11.1 Å². The van der Waals surface area contributed by atoms with Crippen molar-refractivity contribution in [3.05, 3.63) is 75.8 Å². The topological polar surface area (TPSA) is 102 Å². The second kappa shape index (κ2) is 9.33. The van der Waals surface area contributed by atoms with E-state index in [1.807, 2.05) is 30.3 Å². The molecule has 0 spiro atoms. The Morgan fingerprint density at radius 1 is 1.31 bits per heavy atom. The van der Waals surface area contributed by atoms with Crippen molar-refractivity contribution in [2.45, 2.75) is 12.5 Å². The molecule has 0 aliphatic carbocycles. The molecule has 0 radical (unpaired) electrons. The van der Waals surface area contributed by atoms with Gasteiger partial charge in [-0.3, -0.25) is 10.1 Å². The van der Waals surface area contributed by atoms with Crippen molar-refractivity contribution in [1.29, 1.82) is 0 Å². The van der Waals surface area contributed by atoms with Crippen LogP contribution in [0.3, 0.4) is 0 Å². The zero-order chi connectivity index (χ0) is 18.9. The minimum atomic E-state index is -0.543. The van der Waals surface area contributed by atoms with Crippen LogP contribution in [-0.4, -0.2) is 35.8 Å². The van der Waals surface area contributed by atoms with Crippen molar-refractivity contribution in [2.75, 3.05) is 19.0 Å². The Labute approximate surface area is 151 Å². The molecule has 136 valence electrons. The van der Waals surface area contributed by atoms with E-state index in [0.29, 0.717) is 17.7 Å². The van der Waals surface area contributed by atoms with Gasteiger partial charge in [0.25, 0.3) is 5.69 Å². The Bertz CT molecular complexity index is 790. The number of anilines is 1. The van der Waals surface area contributed by atoms with Gasteiger partial charge in [-0.25, -0.2) is 4.79 Å². The highest BCUT2D eigenvalue weighted by Crippen LogP contribution is 2.27. The summed E-state index contributed by atoms with van der Waals surface area (Å²) in [6.07, 6.45) is 3.16. The highest BCUT2D eigenvalue weighted by molar-refractivity contribution is 5.87. The minimum absolute atomic E-state index is 0.136. The summed E-state index contributed by atoms with van der Waals surface area (Å²) < 4.78 is 4.50. The van der Waals surface area contributed by atoms with Crippen LogP contribution < -0.4 is 5.32 Å². The molecule has 0 bridgehead atoms. The number of ether oxygens (including phenoxy) is 1. The summed E-state index contributed by atoms with van der Waals surface area (Å²) in [6.45, 7) is -0.171. The van der Waals surface area contributed by atoms with E-state index in [-0.39, 0.29) is 18.3 Å². The lowest BCUT2D eigenvalue weighted by molar-refractivity contribution is -0.384. The van der Waals surface area contributed by atoms with E-state index in [4.69, 9.17) is 0 Å². The van der Waals surface area contributed by atoms with Gasteiger partial charge in [0.05, 0.1) is 24.7 Å². The van der Waals surface area contributed by atoms with Crippen molar-refractivity contribution < 1.29 is 19.6 Å². The Morgan fingerprint density at radius 2 is 2.04 bits per heavy atom. The number of nitrogens with one attached hydrogen (secondary N) is 1. The number of carbonyl (C=O) groups excluding carboxylic acids is 1. The SMILES string of the molecule is COC(=O)/C=C/c1ccc(NC(CO)Cc2ccccc2)c([N+](=O)[O-])c1. The average molecular weight is 356 g/mol. The molecular formula is C19H20N2O5. The normalized spacial score (nSPS) is 11.9. The molecule has 2 aromatic carbocycles. The van der Waals surface area contributed by atoms with Gasteiger partial charge in [-0.05, 0) is 29.7 Å². The molecule has 2 aromatic rings. The molecule has 0 fully saturated rings. The van der Waals surface area contributed by atoms with Crippen LogP contribution in [-0.2, 0) is 16.0 Å². The summed E-state index contributed by atoms with van der Waals surface area (Å²) in [5.41, 5.74) is 1.68. The van der Waals surface area contributed by atoms with Crippen molar-refractivity contribution in [3.8, 4) is 0 Å². The maximum Gasteiger partial charge on any atom is 0.330 e. The number of aliphatic hydroxyl groups excluding tert-OH is 1. The van der Waals surface area contributed by atoms with Crippen molar-refractivity contribution in [1.82, 2.24) is 0 Å². The van der Waals surface area contributed by atoms with Gasteiger partial charge in [0.15, 0.2) is 0 Å². The maximum absolute atomic E-state index is 11.4. The quantitative estimate of drug-likeness (QED) is 0.326. The van der Waals surface area contributed by atoms with Crippen LogP contribution in [0.25, 0.3) is 6.08 Å². The first kappa shape index (κ1) is 19.1. The van der Waals surface area contributed by atoms with Gasteiger partial charge >= 0.3 is 5.97 Å². The van der Waals surface area contributed by atoms with Gasteiger partial charge in [-0.15, -0.1) is 0 Å². The number of nitrogens with zero attached hydrogens (tertiary/aromatic N) is 1. The van der Waals surface area contributed by atoms with Crippen molar-refractivity contribution >= 4 is 23.4 Å². The third-order valence-electron chi connectivity index (χ3n) is 3.74. The van der Waals surface area contributed by atoms with E-state index in [9.17, 15) is 20.0 Å². The Balaban J connectivity index is 2.20. The summed E-state index contributed by atoms with van der Waals surface area (Å²) in [6, 6.07) is 13.7. The van der Waals surface area contributed by atoms with E-state index in [1.54, 1.807) is 12.1 Å². The van der Waals surface area contributed by atoms with E-state index >= 15 is 0 Å². The summed E-state index contributed by atoms with van der Waals surface area (Å²) in [7, 11) is 1.25. The monoisotopic (exact) mass is 356 g/mol. The lowest BCUT2D eigenvalue weighted by Crippen LogP contribution is -2.26. The first-order valence-corrected chi connectivity index (χ1v) is 7.99. The first-order valence-electron chi connectivity index (χ1n) is 7.99. The number of benzene rings is 2. The summed E-state index contributed by atoms with van der Waals surface area (Å²) in [4.78, 5) is 22.0. The fraction of sp³-hybridized carbons (Fsp3) is 0.211. The van der Waals surface area contributed by atoms with E-state index in [1.165, 1.54) is 25.3 Å². The fourth-order valence-electron chi connectivity index (χ4n) is 2.44. The predicted octanol–water partition coefficient (Wildman–Crippen LogP) is 2.80. The maximum atomic E-state index is 11.4. The molecule has 0 aliphatic rings. The first-order chi connectivity index (χ1) is 12.5. The third-order valence-corrected chi connectivity index (χ3v) is 3.74. The van der Waals surface area contributed by atoms with Crippen LogP contribution >= 0.6 is 0 Å². The number of esters is 1. The van der Waals surface area contributed by atoms with E-state index in [0.717, 1.165) is 5.56 Å². The zero-order valence-corrected chi connectivity index (χ0v) is 14.3. The molecule has 2 N–H and O–H groups in total. The Hall–Kier alpha value is -3.19. The second-order valence-corrected chi connectivity index (χ2v) is 5.60. The Morgan fingerprint density at radius 3 is 2.65 bits per heavy atom. The van der Waals surface area contributed by atoms with Gasteiger partial charge in [-0.2, -0.15) is 0 Å².